The zero-order chi connectivity index (χ0) is 13.9. The Morgan fingerprint density at radius 3 is 1.80 bits per heavy atom. The van der Waals surface area contributed by atoms with Crippen LogP contribution in [0.2, 0.25) is 0 Å². The largest absolute Gasteiger partial charge is 0.494 e. The Kier molecular flexibility index (Phi) is 3.90. The van der Waals surface area contributed by atoms with Crippen molar-refractivity contribution in [2.75, 3.05) is 0 Å². The second-order valence-corrected chi connectivity index (χ2v) is 5.36. The molecule has 0 aromatic heterocycles. The summed E-state index contributed by atoms with van der Waals surface area (Å²) >= 11 is 0. The molecule has 102 valence electrons. The van der Waals surface area contributed by atoms with Crippen LogP contribution in [-0.2, 0) is 9.31 Å². The molecule has 0 amide bonds. The highest BCUT2D eigenvalue weighted by atomic mass is 16.6. The first-order chi connectivity index (χ1) is 9.75. The Morgan fingerprint density at radius 2 is 1.25 bits per heavy atom. The van der Waals surface area contributed by atoms with Crippen LogP contribution in [0.4, 0.5) is 0 Å². The van der Waals surface area contributed by atoms with Crippen molar-refractivity contribution >= 4 is 12.6 Å². The van der Waals surface area contributed by atoms with E-state index in [4.69, 9.17) is 9.31 Å². The van der Waals surface area contributed by atoms with Gasteiger partial charge in [0.1, 0.15) is 0 Å². The molecule has 2 atom stereocenters. The van der Waals surface area contributed by atoms with Gasteiger partial charge in [0.05, 0.1) is 0 Å². The third-order valence-corrected chi connectivity index (χ3v) is 3.94. The highest BCUT2D eigenvalue weighted by Crippen LogP contribution is 2.31. The molecule has 2 aromatic rings. The molecule has 1 heterocycles. The second-order valence-electron chi connectivity index (χ2n) is 5.36. The Balaban J connectivity index is 1.80. The molecule has 2 aromatic carbocycles. The first-order valence-corrected chi connectivity index (χ1v) is 7.16. The van der Waals surface area contributed by atoms with E-state index in [-0.39, 0.29) is 25.2 Å². The van der Waals surface area contributed by atoms with Crippen LogP contribution in [0.15, 0.2) is 60.7 Å². The highest BCUT2D eigenvalue weighted by Gasteiger charge is 2.39. The van der Waals surface area contributed by atoms with Crippen molar-refractivity contribution < 1.29 is 9.31 Å². The fourth-order valence-electron chi connectivity index (χ4n) is 2.96. The molecule has 1 saturated heterocycles. The van der Waals surface area contributed by atoms with Gasteiger partial charge < -0.3 is 9.31 Å². The summed E-state index contributed by atoms with van der Waals surface area (Å²) in [5, 5.41) is 0. The van der Waals surface area contributed by atoms with E-state index in [1.54, 1.807) is 0 Å². The van der Waals surface area contributed by atoms with Crippen molar-refractivity contribution in [3.8, 4) is 0 Å². The van der Waals surface area contributed by atoms with Crippen molar-refractivity contribution in [3.63, 3.8) is 0 Å². The summed E-state index contributed by atoms with van der Waals surface area (Å²) in [6.45, 7) is 4.26. The Labute approximate surface area is 120 Å². The minimum absolute atomic E-state index is 0.131. The molecule has 0 N–H and O–H groups in total. The summed E-state index contributed by atoms with van der Waals surface area (Å²) in [4.78, 5) is 0. The fourth-order valence-corrected chi connectivity index (χ4v) is 2.96. The van der Waals surface area contributed by atoms with Gasteiger partial charge in [-0.2, -0.15) is 0 Å². The lowest BCUT2D eigenvalue weighted by Crippen LogP contribution is -2.50. The van der Waals surface area contributed by atoms with Crippen LogP contribution < -0.4 is 5.46 Å². The summed E-state index contributed by atoms with van der Waals surface area (Å²) in [5.74, 6) is 0.274. The smallest absolute Gasteiger partial charge is 0.404 e. The number of benzene rings is 2. The number of hydrogen-bond acceptors (Lipinski definition) is 2. The van der Waals surface area contributed by atoms with Crippen LogP contribution in [0, 0.1) is 0 Å². The van der Waals surface area contributed by atoms with Crippen molar-refractivity contribution in [3.05, 3.63) is 66.2 Å². The SMILES string of the molecule is C[C@@H]1OB(c2ccccc2)O[C@@H](C)C1c1ccccc1. The Hall–Kier alpha value is -1.58. The predicted octanol–water partition coefficient (Wildman–Crippen LogP) is 2.99. The minimum atomic E-state index is -0.263. The minimum Gasteiger partial charge on any atom is -0.404 e. The quantitative estimate of drug-likeness (QED) is 0.778. The van der Waals surface area contributed by atoms with E-state index in [1.165, 1.54) is 5.56 Å². The van der Waals surface area contributed by atoms with Crippen LogP contribution >= 0.6 is 0 Å². The third-order valence-electron chi connectivity index (χ3n) is 3.94. The van der Waals surface area contributed by atoms with Crippen LogP contribution in [0.1, 0.15) is 25.3 Å². The van der Waals surface area contributed by atoms with Gasteiger partial charge in [0.25, 0.3) is 0 Å². The van der Waals surface area contributed by atoms with Gasteiger partial charge in [-0.05, 0) is 24.9 Å². The normalized spacial score (nSPS) is 23.8. The van der Waals surface area contributed by atoms with Crippen molar-refractivity contribution in [2.24, 2.45) is 0 Å². The monoisotopic (exact) mass is 266 g/mol. The summed E-state index contributed by atoms with van der Waals surface area (Å²) in [5.41, 5.74) is 2.36. The van der Waals surface area contributed by atoms with Crippen LogP contribution in [0.3, 0.4) is 0 Å². The molecular formula is C17H19BO2. The van der Waals surface area contributed by atoms with Gasteiger partial charge >= 0.3 is 7.12 Å². The van der Waals surface area contributed by atoms with E-state index < -0.39 is 0 Å². The average molecular weight is 266 g/mol. The molecular weight excluding hydrogens is 247 g/mol. The lowest BCUT2D eigenvalue weighted by atomic mass is 9.74. The molecule has 0 spiro atoms. The van der Waals surface area contributed by atoms with Crippen LogP contribution in [-0.4, -0.2) is 19.3 Å². The molecule has 3 rings (SSSR count). The average Bonchev–Trinajstić information content (AvgIpc) is 2.48. The number of rotatable bonds is 2. The van der Waals surface area contributed by atoms with Gasteiger partial charge in [-0.3, -0.25) is 0 Å². The maximum atomic E-state index is 6.09. The maximum absolute atomic E-state index is 6.09. The molecule has 20 heavy (non-hydrogen) atoms. The number of hydrogen-bond donors (Lipinski definition) is 0. The Morgan fingerprint density at radius 1 is 0.750 bits per heavy atom. The fraction of sp³-hybridized carbons (Fsp3) is 0.294. The Bertz CT molecular complexity index is 531. The van der Waals surface area contributed by atoms with Gasteiger partial charge in [-0.1, -0.05) is 60.7 Å². The van der Waals surface area contributed by atoms with Crippen LogP contribution in [0.5, 0.6) is 0 Å². The lowest BCUT2D eigenvalue weighted by Gasteiger charge is -2.38. The van der Waals surface area contributed by atoms with Crippen molar-refractivity contribution in [2.45, 2.75) is 32.0 Å². The first kappa shape index (κ1) is 13.4. The molecule has 0 saturated carbocycles. The third kappa shape index (κ3) is 2.65. The van der Waals surface area contributed by atoms with Gasteiger partial charge in [-0.15, -0.1) is 0 Å². The van der Waals surface area contributed by atoms with E-state index in [0.29, 0.717) is 0 Å². The summed E-state index contributed by atoms with van der Waals surface area (Å²) in [6, 6.07) is 20.6. The highest BCUT2D eigenvalue weighted by molar-refractivity contribution is 6.61. The zero-order valence-corrected chi connectivity index (χ0v) is 11.9. The zero-order valence-electron chi connectivity index (χ0n) is 11.9. The van der Waals surface area contributed by atoms with Crippen molar-refractivity contribution in [1.82, 2.24) is 0 Å². The van der Waals surface area contributed by atoms with E-state index in [9.17, 15) is 0 Å². The molecule has 0 unspecified atom stereocenters. The summed E-state index contributed by atoms with van der Waals surface area (Å²) in [7, 11) is -0.263. The van der Waals surface area contributed by atoms with E-state index >= 15 is 0 Å². The van der Waals surface area contributed by atoms with Gasteiger partial charge in [0.15, 0.2) is 0 Å². The first-order valence-electron chi connectivity index (χ1n) is 7.16. The van der Waals surface area contributed by atoms with Gasteiger partial charge in [-0.25, -0.2) is 0 Å². The van der Waals surface area contributed by atoms with E-state index in [2.05, 4.69) is 38.1 Å². The molecule has 1 fully saturated rings. The molecule has 1 aliphatic heterocycles. The summed E-state index contributed by atoms with van der Waals surface area (Å²) in [6.07, 6.45) is 0.262. The molecule has 0 radical (unpaired) electrons. The van der Waals surface area contributed by atoms with Gasteiger partial charge in [0.2, 0.25) is 0 Å². The summed E-state index contributed by atoms with van der Waals surface area (Å²) < 4.78 is 12.2. The predicted molar refractivity (Wildman–Crippen MR) is 82.1 cm³/mol. The lowest BCUT2D eigenvalue weighted by molar-refractivity contribution is 0.0166. The molecule has 1 aliphatic rings. The second kappa shape index (κ2) is 5.82. The van der Waals surface area contributed by atoms with Gasteiger partial charge in [0, 0.05) is 18.1 Å². The molecule has 0 aliphatic carbocycles. The molecule has 3 heteroatoms. The van der Waals surface area contributed by atoms with Crippen LogP contribution in [0.25, 0.3) is 0 Å². The molecule has 0 bridgehead atoms. The maximum Gasteiger partial charge on any atom is 0.494 e. The van der Waals surface area contributed by atoms with E-state index in [0.717, 1.165) is 5.46 Å². The molecule has 2 nitrogen and oxygen atoms in total. The topological polar surface area (TPSA) is 18.5 Å². The van der Waals surface area contributed by atoms with E-state index in [1.807, 2.05) is 36.4 Å². The van der Waals surface area contributed by atoms with Crippen molar-refractivity contribution in [1.29, 1.82) is 0 Å². The standard InChI is InChI=1S/C17H19BO2/c1-13-17(15-9-5-3-6-10-15)14(2)20-18(19-13)16-11-7-4-8-12-16/h3-14,17H,1-2H3/t13-,14-/m0/s1.